The molecular weight excluding hydrogens is 350 g/mol. The van der Waals surface area contributed by atoms with Gasteiger partial charge in [0, 0.05) is 17.2 Å². The van der Waals surface area contributed by atoms with Crippen molar-refractivity contribution in [1.82, 2.24) is 20.4 Å². The van der Waals surface area contributed by atoms with Gasteiger partial charge in [-0.3, -0.25) is 4.79 Å². The molecule has 0 saturated heterocycles. The highest BCUT2D eigenvalue weighted by atomic mass is 16.2. The Labute approximate surface area is 165 Å². The van der Waals surface area contributed by atoms with Crippen molar-refractivity contribution < 1.29 is 4.79 Å². The Bertz CT molecular complexity index is 927. The van der Waals surface area contributed by atoms with E-state index in [0.29, 0.717) is 18.2 Å². The number of aromatic nitrogens is 3. The van der Waals surface area contributed by atoms with Crippen LogP contribution in [0.1, 0.15) is 51.3 Å². The molecule has 1 N–H and O–H groups in total. The zero-order valence-electron chi connectivity index (χ0n) is 16.7. The lowest BCUT2D eigenvalue weighted by Gasteiger charge is -2.34. The second-order valence-corrected chi connectivity index (χ2v) is 8.69. The number of fused-ring (bicyclic) bond motifs is 2. The van der Waals surface area contributed by atoms with E-state index in [1.807, 2.05) is 36.5 Å². The molecule has 1 aromatic heterocycles. The van der Waals surface area contributed by atoms with E-state index in [2.05, 4.69) is 41.6 Å². The van der Waals surface area contributed by atoms with Crippen molar-refractivity contribution in [2.75, 3.05) is 0 Å². The number of carbonyl (C=O) groups is 1. The first kappa shape index (κ1) is 18.6. The van der Waals surface area contributed by atoms with Crippen LogP contribution < -0.4 is 5.43 Å². The highest BCUT2D eigenvalue weighted by Gasteiger charge is 2.59. The summed E-state index contributed by atoms with van der Waals surface area (Å²) in [4.78, 5) is 12.2. The molecule has 4 rings (SSSR count). The minimum atomic E-state index is -0.241. The van der Waals surface area contributed by atoms with Gasteiger partial charge in [-0.2, -0.15) is 5.10 Å². The topological polar surface area (TPSA) is 72.2 Å². The summed E-state index contributed by atoms with van der Waals surface area (Å²) in [6.45, 7) is 7.59. The molecule has 2 aromatic rings. The number of hydrogen-bond acceptors (Lipinski definition) is 4. The number of hydrogen-bond donors (Lipinski definition) is 1. The second kappa shape index (κ2) is 7.00. The maximum atomic E-state index is 12.2. The normalized spacial score (nSPS) is 27.0. The lowest BCUT2D eigenvalue weighted by atomic mass is 9.70. The van der Waals surface area contributed by atoms with E-state index in [4.69, 9.17) is 0 Å². The van der Waals surface area contributed by atoms with Gasteiger partial charge in [-0.25, -0.2) is 10.1 Å². The van der Waals surface area contributed by atoms with E-state index >= 15 is 0 Å². The van der Waals surface area contributed by atoms with E-state index in [1.54, 1.807) is 10.8 Å². The molecule has 6 nitrogen and oxygen atoms in total. The summed E-state index contributed by atoms with van der Waals surface area (Å²) in [6, 6.07) is 10.1. The predicted octanol–water partition coefficient (Wildman–Crippen LogP) is 3.66. The van der Waals surface area contributed by atoms with Gasteiger partial charge >= 0.3 is 0 Å². The monoisotopic (exact) mass is 377 g/mol. The summed E-state index contributed by atoms with van der Waals surface area (Å²) < 4.78 is 1.76. The molecule has 1 heterocycles. The Morgan fingerprint density at radius 2 is 2.11 bits per heavy atom. The molecule has 1 amide bonds. The lowest BCUT2D eigenvalue weighted by Crippen LogP contribution is -2.34. The summed E-state index contributed by atoms with van der Waals surface area (Å²) in [5.41, 5.74) is 5.97. The van der Waals surface area contributed by atoms with Gasteiger partial charge in [0.1, 0.15) is 5.69 Å². The molecule has 146 valence electrons. The summed E-state index contributed by atoms with van der Waals surface area (Å²) in [5, 5.41) is 12.7. The highest BCUT2D eigenvalue weighted by molar-refractivity contribution is 5.97. The Morgan fingerprint density at radius 3 is 2.79 bits per heavy atom. The van der Waals surface area contributed by atoms with Crippen molar-refractivity contribution in [2.24, 2.45) is 21.8 Å². The van der Waals surface area contributed by atoms with Gasteiger partial charge in [-0.1, -0.05) is 56.3 Å². The van der Waals surface area contributed by atoms with Crippen molar-refractivity contribution in [1.29, 1.82) is 0 Å². The van der Waals surface area contributed by atoms with Gasteiger partial charge in [0.05, 0.1) is 12.7 Å². The Balaban J connectivity index is 1.35. The molecule has 2 fully saturated rings. The van der Waals surface area contributed by atoms with Crippen LogP contribution in [0, 0.1) is 16.7 Å². The molecule has 2 saturated carbocycles. The summed E-state index contributed by atoms with van der Waals surface area (Å²) in [5.74, 6) is 0.428. The first-order valence-corrected chi connectivity index (χ1v) is 9.88. The van der Waals surface area contributed by atoms with Crippen LogP contribution in [0.5, 0.6) is 0 Å². The molecule has 0 spiro atoms. The zero-order valence-corrected chi connectivity index (χ0v) is 16.7. The number of nitrogens with zero attached hydrogens (tertiary/aromatic N) is 4. The third-order valence-corrected chi connectivity index (χ3v) is 6.96. The summed E-state index contributed by atoms with van der Waals surface area (Å²) in [6.07, 6.45) is 8.34. The minimum Gasteiger partial charge on any atom is -0.268 e. The third kappa shape index (κ3) is 3.28. The van der Waals surface area contributed by atoms with Crippen LogP contribution in [0.3, 0.4) is 0 Å². The number of amides is 1. The van der Waals surface area contributed by atoms with Gasteiger partial charge in [0.15, 0.2) is 0 Å². The fourth-order valence-corrected chi connectivity index (χ4v) is 4.66. The van der Waals surface area contributed by atoms with E-state index in [1.165, 1.54) is 12.5 Å². The molecule has 2 aliphatic rings. The average Bonchev–Trinajstić information content (AvgIpc) is 3.27. The Hall–Kier alpha value is -2.76. The summed E-state index contributed by atoms with van der Waals surface area (Å²) in [7, 11) is 0. The third-order valence-electron chi connectivity index (χ3n) is 6.96. The molecule has 6 heteroatoms. The largest absolute Gasteiger partial charge is 0.268 e. The maximum absolute atomic E-state index is 12.2. The van der Waals surface area contributed by atoms with Crippen molar-refractivity contribution in [3.8, 4) is 0 Å². The van der Waals surface area contributed by atoms with E-state index in [9.17, 15) is 4.79 Å². The van der Waals surface area contributed by atoms with Crippen molar-refractivity contribution in [3.63, 3.8) is 0 Å². The number of carbonyl (C=O) groups excluding carboxylic acids is 1. The molecule has 1 aromatic carbocycles. The minimum absolute atomic E-state index is 0.0921. The average molecular weight is 377 g/mol. The maximum Gasteiger partial charge on any atom is 0.264 e. The van der Waals surface area contributed by atoms with Crippen LogP contribution in [0.25, 0.3) is 6.08 Å². The first-order valence-electron chi connectivity index (χ1n) is 9.88. The quantitative estimate of drug-likeness (QED) is 0.638. The van der Waals surface area contributed by atoms with Crippen LogP contribution in [-0.4, -0.2) is 26.6 Å². The molecule has 2 atom stereocenters. The van der Waals surface area contributed by atoms with Gasteiger partial charge in [-0.05, 0) is 42.2 Å². The van der Waals surface area contributed by atoms with Gasteiger partial charge in [-0.15, -0.1) is 5.10 Å². The highest BCUT2D eigenvalue weighted by Crippen LogP contribution is 2.63. The van der Waals surface area contributed by atoms with Crippen LogP contribution in [0.2, 0.25) is 0 Å². The zero-order chi connectivity index (χ0) is 19.8. The van der Waals surface area contributed by atoms with Gasteiger partial charge in [0.2, 0.25) is 0 Å². The number of hydrazone groups is 1. The molecule has 28 heavy (non-hydrogen) atoms. The molecule has 0 unspecified atom stereocenters. The second-order valence-electron chi connectivity index (χ2n) is 8.69. The van der Waals surface area contributed by atoms with Crippen LogP contribution >= 0.6 is 0 Å². The first-order chi connectivity index (χ1) is 13.4. The SMILES string of the molecule is CC1(C)[C@@H]2CC[C@@]1(C)/C(=N/NC(=O)/C=C/c1cn(Cc3ccccc3)nn1)C2. The van der Waals surface area contributed by atoms with E-state index in [0.717, 1.165) is 24.1 Å². The van der Waals surface area contributed by atoms with Crippen molar-refractivity contribution in [3.05, 3.63) is 53.9 Å². The Morgan fingerprint density at radius 1 is 1.32 bits per heavy atom. The van der Waals surface area contributed by atoms with Crippen molar-refractivity contribution in [2.45, 2.75) is 46.6 Å². The lowest BCUT2D eigenvalue weighted by molar-refractivity contribution is -0.116. The molecule has 0 radical (unpaired) electrons. The van der Waals surface area contributed by atoms with Crippen LogP contribution in [0.4, 0.5) is 0 Å². The van der Waals surface area contributed by atoms with Crippen LogP contribution in [0.15, 0.2) is 47.7 Å². The fraction of sp³-hybridized carbons (Fsp3) is 0.455. The number of nitrogens with one attached hydrogen (secondary N) is 1. The van der Waals surface area contributed by atoms with Gasteiger partial charge < -0.3 is 0 Å². The number of benzene rings is 1. The molecular formula is C22H27N5O. The van der Waals surface area contributed by atoms with E-state index < -0.39 is 0 Å². The predicted molar refractivity (Wildman–Crippen MR) is 109 cm³/mol. The standard InChI is InChI=1S/C22H27N5O/c1-21(2)17-11-12-22(21,3)19(13-17)24-25-20(28)10-9-18-15-27(26-23-18)14-16-7-5-4-6-8-16/h4-10,15,17H,11-14H2,1-3H3,(H,25,28)/b10-9+,24-19+/t17-,22+/m1/s1. The van der Waals surface area contributed by atoms with Gasteiger partial charge in [0.25, 0.3) is 5.91 Å². The molecule has 2 aliphatic carbocycles. The Kier molecular flexibility index (Phi) is 4.65. The molecule has 0 aliphatic heterocycles. The van der Waals surface area contributed by atoms with Crippen LogP contribution in [-0.2, 0) is 11.3 Å². The smallest absolute Gasteiger partial charge is 0.264 e. The number of rotatable bonds is 5. The fourth-order valence-electron chi connectivity index (χ4n) is 4.66. The molecule has 2 bridgehead atoms. The summed E-state index contributed by atoms with van der Waals surface area (Å²) >= 11 is 0. The van der Waals surface area contributed by atoms with Crippen molar-refractivity contribution >= 4 is 17.7 Å². The van der Waals surface area contributed by atoms with E-state index in [-0.39, 0.29) is 16.7 Å².